The maximum atomic E-state index is 2.41. The van der Waals surface area contributed by atoms with E-state index in [9.17, 15) is 0 Å². The summed E-state index contributed by atoms with van der Waals surface area (Å²) in [7, 11) is 0. The monoisotopic (exact) mass is 768 g/mol. The Balaban J connectivity index is 0.945. The van der Waals surface area contributed by atoms with Crippen LogP contribution in [-0.2, 0) is 0 Å². The zero-order valence-corrected chi connectivity index (χ0v) is 32.9. The zero-order valence-electron chi connectivity index (χ0n) is 31.3. The molecule has 0 saturated carbocycles. The molecule has 11 aromatic carbocycles. The first-order chi connectivity index (χ1) is 28.7. The predicted octanol–water partition coefficient (Wildman–Crippen LogP) is 17.2. The lowest BCUT2D eigenvalue weighted by Gasteiger charge is -2.19. The van der Waals surface area contributed by atoms with Gasteiger partial charge in [-0.05, 0) is 118 Å². The molecule has 0 aliphatic heterocycles. The molecule has 0 bridgehead atoms. The minimum atomic E-state index is 1.24. The van der Waals surface area contributed by atoms with Gasteiger partial charge in [0.2, 0.25) is 0 Å². The number of rotatable bonds is 3. The molecule has 0 radical (unpaired) electrons. The van der Waals surface area contributed by atoms with Gasteiger partial charge in [-0.2, -0.15) is 0 Å². The summed E-state index contributed by atoms with van der Waals surface area (Å²) in [5.41, 5.74) is 7.60. The highest BCUT2D eigenvalue weighted by atomic mass is 32.1. The highest BCUT2D eigenvalue weighted by Gasteiger charge is 2.19. The van der Waals surface area contributed by atoms with Crippen molar-refractivity contribution in [2.24, 2.45) is 0 Å². The molecule has 58 heavy (non-hydrogen) atoms. The first kappa shape index (κ1) is 32.3. The molecule has 0 nitrogen and oxygen atoms in total. The molecule has 2 heteroatoms. The number of thiophene rings is 2. The zero-order chi connectivity index (χ0) is 37.9. The van der Waals surface area contributed by atoms with Crippen LogP contribution in [0.3, 0.4) is 0 Å². The van der Waals surface area contributed by atoms with Gasteiger partial charge in [-0.1, -0.05) is 164 Å². The predicted molar refractivity (Wildman–Crippen MR) is 256 cm³/mol. The second-order valence-electron chi connectivity index (χ2n) is 15.5. The molecular weight excluding hydrogens is 737 g/mol. The van der Waals surface area contributed by atoms with E-state index in [0.717, 1.165) is 0 Å². The summed E-state index contributed by atoms with van der Waals surface area (Å²) >= 11 is 3.85. The van der Waals surface area contributed by atoms with Gasteiger partial charge in [0.25, 0.3) is 0 Å². The van der Waals surface area contributed by atoms with Crippen molar-refractivity contribution in [3.63, 3.8) is 0 Å². The lowest BCUT2D eigenvalue weighted by molar-refractivity contribution is 1.67. The lowest BCUT2D eigenvalue weighted by Crippen LogP contribution is -1.91. The number of benzene rings is 11. The van der Waals surface area contributed by atoms with Crippen LogP contribution in [0.4, 0.5) is 0 Å². The van der Waals surface area contributed by atoms with Gasteiger partial charge in [0.05, 0.1) is 0 Å². The molecule has 0 aliphatic rings. The molecule has 0 atom stereocenters. The van der Waals surface area contributed by atoms with Crippen LogP contribution >= 0.6 is 22.7 Å². The number of hydrogen-bond acceptors (Lipinski definition) is 2. The third-order valence-electron chi connectivity index (χ3n) is 12.4. The Morgan fingerprint density at radius 1 is 0.259 bits per heavy atom. The third-order valence-corrected chi connectivity index (χ3v) is 14.7. The molecule has 0 N–H and O–H groups in total. The number of fused-ring (bicyclic) bond motifs is 13. The Morgan fingerprint density at radius 2 is 0.776 bits per heavy atom. The van der Waals surface area contributed by atoms with E-state index in [-0.39, 0.29) is 0 Å². The van der Waals surface area contributed by atoms with Crippen molar-refractivity contribution in [2.75, 3.05) is 0 Å². The van der Waals surface area contributed by atoms with Gasteiger partial charge in [-0.3, -0.25) is 0 Å². The second-order valence-corrected chi connectivity index (χ2v) is 17.7. The summed E-state index contributed by atoms with van der Waals surface area (Å²) in [6.45, 7) is 0. The maximum absolute atomic E-state index is 2.41. The molecule has 0 saturated heterocycles. The van der Waals surface area contributed by atoms with Gasteiger partial charge in [0.1, 0.15) is 0 Å². The highest BCUT2D eigenvalue weighted by Crippen LogP contribution is 2.48. The van der Waals surface area contributed by atoms with Crippen molar-refractivity contribution in [3.05, 3.63) is 194 Å². The Bertz CT molecular complexity index is 3800. The minimum absolute atomic E-state index is 1.24. The van der Waals surface area contributed by atoms with Crippen LogP contribution in [0, 0.1) is 0 Å². The molecule has 268 valence electrons. The van der Waals surface area contributed by atoms with E-state index in [4.69, 9.17) is 0 Å². The molecule has 2 heterocycles. The molecule has 0 spiro atoms. The van der Waals surface area contributed by atoms with Gasteiger partial charge in [-0.25, -0.2) is 0 Å². The van der Waals surface area contributed by atoms with Gasteiger partial charge in [0.15, 0.2) is 0 Å². The van der Waals surface area contributed by atoms with Crippen molar-refractivity contribution in [2.45, 2.75) is 0 Å². The van der Waals surface area contributed by atoms with E-state index in [1.54, 1.807) is 0 Å². The smallest absolute Gasteiger partial charge is 0.0448 e. The molecule has 2 aromatic heterocycles. The van der Waals surface area contributed by atoms with E-state index in [2.05, 4.69) is 194 Å². The molecule has 13 rings (SSSR count). The van der Waals surface area contributed by atoms with Crippen LogP contribution in [0.1, 0.15) is 0 Å². The first-order valence-corrected chi connectivity index (χ1v) is 21.5. The van der Waals surface area contributed by atoms with Crippen molar-refractivity contribution in [1.82, 2.24) is 0 Å². The van der Waals surface area contributed by atoms with E-state index in [0.29, 0.717) is 0 Å². The summed E-state index contributed by atoms with van der Waals surface area (Å²) in [6.07, 6.45) is 0. The topological polar surface area (TPSA) is 0 Å². The average Bonchev–Trinajstić information content (AvgIpc) is 3.86. The summed E-state index contributed by atoms with van der Waals surface area (Å²) in [4.78, 5) is 0. The van der Waals surface area contributed by atoms with Crippen LogP contribution in [0.25, 0.3) is 128 Å². The first-order valence-electron chi connectivity index (χ1n) is 19.9. The average molecular weight is 769 g/mol. The van der Waals surface area contributed by atoms with Crippen molar-refractivity contribution < 1.29 is 0 Å². The fourth-order valence-electron chi connectivity index (χ4n) is 9.79. The normalized spacial score (nSPS) is 12.1. The Morgan fingerprint density at radius 3 is 1.53 bits per heavy atom. The van der Waals surface area contributed by atoms with Crippen LogP contribution < -0.4 is 0 Å². The van der Waals surface area contributed by atoms with Crippen molar-refractivity contribution in [1.29, 1.82) is 0 Å². The Kier molecular flexibility index (Phi) is 6.86. The maximum Gasteiger partial charge on any atom is 0.0448 e. The fraction of sp³-hybridized carbons (Fsp3) is 0. The van der Waals surface area contributed by atoms with Crippen LogP contribution in [0.2, 0.25) is 0 Å². The molecule has 0 amide bonds. The lowest BCUT2D eigenvalue weighted by atomic mass is 9.84. The summed E-state index contributed by atoms with van der Waals surface area (Å²) in [5, 5.41) is 18.3. The molecule has 0 aliphatic carbocycles. The van der Waals surface area contributed by atoms with Crippen LogP contribution in [0.5, 0.6) is 0 Å². The Hall–Kier alpha value is -6.84. The SMILES string of the molecule is c1ccc2c(-c3c4ccccc4c(-c4ccc5cc(-c6ccc7c(c6)sc6c7ccc7sc8ccc9ccccc9c8c76)ccc5c4)c4ccccc34)cccc2c1. The van der Waals surface area contributed by atoms with Crippen molar-refractivity contribution >= 4 is 117 Å². The summed E-state index contributed by atoms with van der Waals surface area (Å²) in [6, 6.07) is 72.5. The summed E-state index contributed by atoms with van der Waals surface area (Å²) < 4.78 is 5.45. The van der Waals surface area contributed by atoms with E-state index < -0.39 is 0 Å². The largest absolute Gasteiger partial charge is 0.135 e. The Labute approximate surface area is 342 Å². The quantitative estimate of drug-likeness (QED) is 0.157. The summed E-state index contributed by atoms with van der Waals surface area (Å²) in [5.74, 6) is 0. The van der Waals surface area contributed by atoms with E-state index >= 15 is 0 Å². The molecule has 0 fully saturated rings. The molecular formula is C56H32S2. The third kappa shape index (κ3) is 4.68. The van der Waals surface area contributed by atoms with Gasteiger partial charge in [-0.15, -0.1) is 22.7 Å². The molecule has 13 aromatic rings. The van der Waals surface area contributed by atoms with Gasteiger partial charge >= 0.3 is 0 Å². The van der Waals surface area contributed by atoms with E-state index in [1.165, 1.54) is 128 Å². The van der Waals surface area contributed by atoms with Gasteiger partial charge in [0, 0.05) is 40.3 Å². The standard InChI is InChI=1S/C56H32S2/c1-3-13-40-33(10-1)12-9-19-43(40)53-46-17-7-5-15-44(46)52(45-16-6-8-18-47(45)53)39-23-22-35-30-36(20-21-37(35)31-39)38-24-26-42-48-27-29-50-55(56(48)58-51(42)32-38)54-41-14-4-2-11-34(41)25-28-49(54)57-50/h1-32H. The minimum Gasteiger partial charge on any atom is -0.135 e. The van der Waals surface area contributed by atoms with Crippen molar-refractivity contribution in [3.8, 4) is 33.4 Å². The number of hydrogen-bond donors (Lipinski definition) is 0. The van der Waals surface area contributed by atoms with Gasteiger partial charge < -0.3 is 0 Å². The highest BCUT2D eigenvalue weighted by molar-refractivity contribution is 7.30. The van der Waals surface area contributed by atoms with E-state index in [1.807, 2.05) is 22.7 Å². The fourth-order valence-corrected chi connectivity index (χ4v) is 12.3. The second kappa shape index (κ2) is 12.3. The molecule has 0 unspecified atom stereocenters. The van der Waals surface area contributed by atoms with Crippen LogP contribution in [-0.4, -0.2) is 0 Å². The van der Waals surface area contributed by atoms with Crippen LogP contribution in [0.15, 0.2) is 194 Å².